The van der Waals surface area contributed by atoms with Crippen molar-refractivity contribution in [3.8, 4) is 11.5 Å². The lowest BCUT2D eigenvalue weighted by Gasteiger charge is -2.16. The summed E-state index contributed by atoms with van der Waals surface area (Å²) in [6.45, 7) is 3.84. The summed E-state index contributed by atoms with van der Waals surface area (Å²) in [6.07, 6.45) is 1.29. The molecule has 0 bridgehead atoms. The van der Waals surface area contributed by atoms with Crippen LogP contribution in [0.5, 0.6) is 11.5 Å². The molecule has 0 aliphatic carbocycles. The van der Waals surface area contributed by atoms with Crippen LogP contribution in [0.15, 0.2) is 71.5 Å². The summed E-state index contributed by atoms with van der Waals surface area (Å²) in [5.41, 5.74) is 5.06. The molecule has 0 atom stereocenters. The molecule has 1 heterocycles. The van der Waals surface area contributed by atoms with Crippen molar-refractivity contribution in [1.82, 2.24) is 4.57 Å². The molecule has 0 radical (unpaired) electrons. The fourth-order valence-corrected chi connectivity index (χ4v) is 4.31. The number of nitrogens with one attached hydrogen (secondary N) is 1. The predicted octanol–water partition coefficient (Wildman–Crippen LogP) is 5.06. The zero-order chi connectivity index (χ0) is 24.9. The van der Waals surface area contributed by atoms with E-state index in [1.54, 1.807) is 20.3 Å². The molecule has 3 aromatic carbocycles. The Kier molecular flexibility index (Phi) is 7.20. The van der Waals surface area contributed by atoms with Gasteiger partial charge in [-0.3, -0.25) is 14.2 Å². The van der Waals surface area contributed by atoms with Crippen molar-refractivity contribution >= 4 is 22.5 Å². The van der Waals surface area contributed by atoms with E-state index in [0.717, 1.165) is 34.2 Å². The molecule has 0 saturated carbocycles. The number of anilines is 1. The monoisotopic (exact) mass is 470 g/mol. The predicted molar refractivity (Wildman–Crippen MR) is 140 cm³/mol. The van der Waals surface area contributed by atoms with Gasteiger partial charge in [-0.1, -0.05) is 48.0 Å². The average molecular weight is 471 g/mol. The number of aromatic nitrogens is 1. The summed E-state index contributed by atoms with van der Waals surface area (Å²) in [7, 11) is 3.13. The molecule has 6 nitrogen and oxygen atoms in total. The quantitative estimate of drug-likeness (QED) is 0.391. The van der Waals surface area contributed by atoms with Crippen LogP contribution in [0, 0.1) is 13.8 Å². The van der Waals surface area contributed by atoms with Crippen LogP contribution in [-0.4, -0.2) is 24.7 Å². The third-order valence-electron chi connectivity index (χ3n) is 6.16. The van der Waals surface area contributed by atoms with Crippen LogP contribution in [0.25, 0.3) is 10.9 Å². The highest BCUT2D eigenvalue weighted by molar-refractivity contribution is 5.93. The number of hydrogen-bond donors (Lipinski definition) is 1. The van der Waals surface area contributed by atoms with Crippen molar-refractivity contribution in [2.24, 2.45) is 0 Å². The molecule has 4 aromatic rings. The Morgan fingerprint density at radius 3 is 2.29 bits per heavy atom. The summed E-state index contributed by atoms with van der Waals surface area (Å²) in [5.74, 6) is 0.800. The highest BCUT2D eigenvalue weighted by Crippen LogP contribution is 2.32. The zero-order valence-corrected chi connectivity index (χ0v) is 20.6. The normalized spacial score (nSPS) is 10.9. The Labute approximate surface area is 205 Å². The van der Waals surface area contributed by atoms with Gasteiger partial charge in [-0.2, -0.15) is 0 Å². The summed E-state index contributed by atoms with van der Waals surface area (Å²) in [4.78, 5) is 26.6. The second-order valence-electron chi connectivity index (χ2n) is 8.68. The van der Waals surface area contributed by atoms with Gasteiger partial charge in [0.15, 0.2) is 11.5 Å². The number of benzene rings is 3. The first kappa shape index (κ1) is 24.1. The SMILES string of the molecule is COc1cc2cc(CCc3ccccc3)c(=O)n(CC(=O)Nc3ccc(C)cc3C)c2cc1OC. The topological polar surface area (TPSA) is 69.6 Å². The number of pyridine rings is 1. The van der Waals surface area contributed by atoms with Crippen LogP contribution in [-0.2, 0) is 24.2 Å². The fraction of sp³-hybridized carbons (Fsp3) is 0.241. The molecule has 1 N–H and O–H groups in total. The Morgan fingerprint density at radius 2 is 1.60 bits per heavy atom. The lowest BCUT2D eigenvalue weighted by atomic mass is 10.0. The molecule has 0 unspecified atom stereocenters. The number of aryl methyl sites for hydroxylation is 4. The minimum Gasteiger partial charge on any atom is -0.493 e. The maximum atomic E-state index is 13.6. The largest absolute Gasteiger partial charge is 0.493 e. The van der Waals surface area contributed by atoms with Gasteiger partial charge in [0.25, 0.3) is 5.56 Å². The van der Waals surface area contributed by atoms with Crippen molar-refractivity contribution < 1.29 is 14.3 Å². The molecule has 0 saturated heterocycles. The molecule has 1 amide bonds. The van der Waals surface area contributed by atoms with E-state index < -0.39 is 0 Å². The van der Waals surface area contributed by atoms with Crippen molar-refractivity contribution in [3.63, 3.8) is 0 Å². The van der Waals surface area contributed by atoms with E-state index in [4.69, 9.17) is 9.47 Å². The lowest BCUT2D eigenvalue weighted by Crippen LogP contribution is -2.30. The third kappa shape index (κ3) is 5.38. The second kappa shape index (κ2) is 10.5. The summed E-state index contributed by atoms with van der Waals surface area (Å²) < 4.78 is 12.5. The number of hydrogen-bond acceptors (Lipinski definition) is 4. The van der Waals surface area contributed by atoms with Gasteiger partial charge in [0, 0.05) is 22.7 Å². The van der Waals surface area contributed by atoms with Gasteiger partial charge in [-0.05, 0) is 56.0 Å². The minimum atomic E-state index is -0.268. The van der Waals surface area contributed by atoms with E-state index in [9.17, 15) is 9.59 Å². The molecule has 4 rings (SSSR count). The van der Waals surface area contributed by atoms with Crippen molar-refractivity contribution in [3.05, 3.63) is 99.3 Å². The van der Waals surface area contributed by atoms with Crippen LogP contribution in [0.3, 0.4) is 0 Å². The maximum Gasteiger partial charge on any atom is 0.254 e. The summed E-state index contributed by atoms with van der Waals surface area (Å²) >= 11 is 0. The number of carbonyl (C=O) groups excluding carboxylic acids is 1. The molecular formula is C29H30N2O4. The van der Waals surface area contributed by atoms with Crippen LogP contribution in [0.2, 0.25) is 0 Å². The molecule has 0 aliphatic rings. The first-order chi connectivity index (χ1) is 16.9. The van der Waals surface area contributed by atoms with Gasteiger partial charge in [-0.15, -0.1) is 0 Å². The second-order valence-corrected chi connectivity index (χ2v) is 8.68. The number of nitrogens with zero attached hydrogens (tertiary/aromatic N) is 1. The number of fused-ring (bicyclic) bond motifs is 1. The van der Waals surface area contributed by atoms with E-state index in [-0.39, 0.29) is 18.0 Å². The number of carbonyl (C=O) groups is 1. The van der Waals surface area contributed by atoms with Gasteiger partial charge in [-0.25, -0.2) is 0 Å². The Balaban J connectivity index is 1.74. The molecule has 35 heavy (non-hydrogen) atoms. The highest BCUT2D eigenvalue weighted by Gasteiger charge is 2.16. The maximum absolute atomic E-state index is 13.6. The fourth-order valence-electron chi connectivity index (χ4n) is 4.31. The van der Waals surface area contributed by atoms with Gasteiger partial charge < -0.3 is 14.8 Å². The first-order valence-electron chi connectivity index (χ1n) is 11.6. The molecule has 0 spiro atoms. The molecule has 0 fully saturated rings. The highest BCUT2D eigenvalue weighted by atomic mass is 16.5. The van der Waals surface area contributed by atoms with E-state index in [1.165, 1.54) is 4.57 Å². The van der Waals surface area contributed by atoms with Crippen molar-refractivity contribution in [1.29, 1.82) is 0 Å². The number of amides is 1. The van der Waals surface area contributed by atoms with Crippen LogP contribution in [0.4, 0.5) is 5.69 Å². The van der Waals surface area contributed by atoms with Crippen LogP contribution >= 0.6 is 0 Å². The third-order valence-corrected chi connectivity index (χ3v) is 6.16. The van der Waals surface area contributed by atoms with E-state index in [0.29, 0.717) is 29.0 Å². The number of ether oxygens (including phenoxy) is 2. The number of methoxy groups -OCH3 is 2. The van der Waals surface area contributed by atoms with E-state index in [1.807, 2.05) is 74.5 Å². The minimum absolute atomic E-state index is 0.114. The van der Waals surface area contributed by atoms with E-state index >= 15 is 0 Å². The average Bonchev–Trinajstić information content (AvgIpc) is 2.86. The Hall–Kier alpha value is -4.06. The zero-order valence-electron chi connectivity index (χ0n) is 20.6. The van der Waals surface area contributed by atoms with Crippen LogP contribution < -0.4 is 20.3 Å². The van der Waals surface area contributed by atoms with Gasteiger partial charge >= 0.3 is 0 Å². The first-order valence-corrected chi connectivity index (χ1v) is 11.6. The Bertz CT molecular complexity index is 1420. The Morgan fingerprint density at radius 1 is 0.886 bits per heavy atom. The number of rotatable bonds is 8. The molecule has 180 valence electrons. The van der Waals surface area contributed by atoms with Gasteiger partial charge in [0.2, 0.25) is 5.91 Å². The molecule has 0 aliphatic heterocycles. The van der Waals surface area contributed by atoms with Gasteiger partial charge in [0.1, 0.15) is 6.54 Å². The standard InChI is InChI=1S/C29H30N2O4/c1-19-10-13-24(20(2)14-19)30-28(32)18-31-25-17-27(35-4)26(34-3)16-23(25)15-22(29(31)33)12-11-21-8-6-5-7-9-21/h5-10,13-17H,11-12,18H2,1-4H3,(H,30,32). The van der Waals surface area contributed by atoms with Crippen LogP contribution in [0.1, 0.15) is 22.3 Å². The lowest BCUT2D eigenvalue weighted by molar-refractivity contribution is -0.116. The molecule has 6 heteroatoms. The smallest absolute Gasteiger partial charge is 0.254 e. The van der Waals surface area contributed by atoms with Gasteiger partial charge in [0.05, 0.1) is 19.7 Å². The molecular weight excluding hydrogens is 440 g/mol. The molecule has 1 aromatic heterocycles. The van der Waals surface area contributed by atoms with Crippen molar-refractivity contribution in [2.45, 2.75) is 33.2 Å². The summed E-state index contributed by atoms with van der Waals surface area (Å²) in [6, 6.07) is 21.4. The van der Waals surface area contributed by atoms with E-state index in [2.05, 4.69) is 5.32 Å². The van der Waals surface area contributed by atoms with Crippen molar-refractivity contribution in [2.75, 3.05) is 19.5 Å². The summed E-state index contributed by atoms with van der Waals surface area (Å²) in [5, 5.41) is 3.76.